The summed E-state index contributed by atoms with van der Waals surface area (Å²) in [6.45, 7) is 0. The minimum absolute atomic E-state index is 0.0977. The number of carbonyl (C=O) groups excluding carboxylic acids is 1. The molecule has 7 nitrogen and oxygen atoms in total. The maximum Gasteiger partial charge on any atom is 0.425 e. The third-order valence-corrected chi connectivity index (χ3v) is 4.17. The van der Waals surface area contributed by atoms with Gasteiger partial charge in [-0.1, -0.05) is 11.6 Å². The summed E-state index contributed by atoms with van der Waals surface area (Å²) in [7, 11) is 2.45. The Morgan fingerprint density at radius 2 is 2.00 bits per heavy atom. The first-order valence-corrected chi connectivity index (χ1v) is 8.78. The third-order valence-electron chi connectivity index (χ3n) is 3.88. The summed E-state index contributed by atoms with van der Waals surface area (Å²) in [6.07, 6.45) is -7.50. The highest BCUT2D eigenvalue weighted by atomic mass is 35.5. The molecule has 1 aromatic carbocycles. The number of pyridine rings is 1. The van der Waals surface area contributed by atoms with E-state index in [4.69, 9.17) is 22.1 Å². The molecule has 0 spiro atoms. The molecule has 1 heterocycles. The molecule has 1 amide bonds. The van der Waals surface area contributed by atoms with Crippen molar-refractivity contribution in [3.05, 3.63) is 52.3 Å². The zero-order valence-corrected chi connectivity index (χ0v) is 16.8. The van der Waals surface area contributed by atoms with E-state index in [1.165, 1.54) is 19.4 Å². The number of benzene rings is 1. The van der Waals surface area contributed by atoms with Gasteiger partial charge < -0.3 is 20.5 Å². The quantitative estimate of drug-likeness (QED) is 0.384. The van der Waals surface area contributed by atoms with Crippen molar-refractivity contribution in [1.29, 1.82) is 0 Å². The van der Waals surface area contributed by atoms with E-state index in [1.54, 1.807) is 0 Å². The number of hydrogen-bond donors (Lipinski definition) is 2. The van der Waals surface area contributed by atoms with E-state index >= 15 is 0 Å². The number of nitrogens with zero attached hydrogens (tertiary/aromatic N) is 2. The molecule has 0 saturated carbocycles. The zero-order chi connectivity index (χ0) is 23.3. The fourth-order valence-corrected chi connectivity index (χ4v) is 2.62. The highest BCUT2D eigenvalue weighted by molar-refractivity contribution is 6.34. The first kappa shape index (κ1) is 24.1. The number of hydrogen-bond acceptors (Lipinski definition) is 5. The van der Waals surface area contributed by atoms with Crippen LogP contribution >= 0.6 is 11.6 Å². The fraction of sp³-hybridized carbons (Fsp3) is 0.278. The van der Waals surface area contributed by atoms with E-state index in [0.717, 1.165) is 13.1 Å². The van der Waals surface area contributed by atoms with Crippen LogP contribution in [0.2, 0.25) is 5.02 Å². The van der Waals surface area contributed by atoms with E-state index in [9.17, 15) is 26.7 Å². The smallest absolute Gasteiger partial charge is 0.425 e. The average molecular weight is 467 g/mol. The van der Waals surface area contributed by atoms with Gasteiger partial charge in [-0.3, -0.25) is 4.79 Å². The van der Waals surface area contributed by atoms with E-state index in [0.29, 0.717) is 6.07 Å². The minimum Gasteiger partial charge on any atom is -0.495 e. The molecule has 0 aliphatic carbocycles. The Hall–Kier alpha value is -3.15. The Kier molecular flexibility index (Phi) is 7.60. The monoisotopic (exact) mass is 466 g/mol. The lowest BCUT2D eigenvalue weighted by molar-refractivity contribution is -0.198. The molecule has 1 atom stereocenters. The first-order chi connectivity index (χ1) is 14.5. The molecule has 0 saturated heterocycles. The lowest BCUT2D eigenvalue weighted by Gasteiger charge is -2.21. The van der Waals surface area contributed by atoms with E-state index in [2.05, 4.69) is 20.0 Å². The summed E-state index contributed by atoms with van der Waals surface area (Å²) in [5, 5.41) is 2.11. The molecule has 3 N–H and O–H groups in total. The van der Waals surface area contributed by atoms with Gasteiger partial charge in [-0.05, 0) is 11.6 Å². The summed E-state index contributed by atoms with van der Waals surface area (Å²) in [5.74, 6) is -3.66. The third kappa shape index (κ3) is 6.17. The molecule has 2 rings (SSSR count). The Bertz CT molecular complexity index is 1000. The minimum atomic E-state index is -4.96. The van der Waals surface area contributed by atoms with Crippen LogP contribution in [-0.4, -0.2) is 43.4 Å². The van der Waals surface area contributed by atoms with Crippen LogP contribution in [-0.2, 0) is 11.2 Å². The predicted octanol–water partition coefficient (Wildman–Crippen LogP) is 3.71. The van der Waals surface area contributed by atoms with Crippen LogP contribution in [0.4, 0.5) is 27.6 Å². The summed E-state index contributed by atoms with van der Waals surface area (Å²) in [5.41, 5.74) is 3.85. The number of carbonyl (C=O) groups is 1. The lowest BCUT2D eigenvalue weighted by Crippen LogP contribution is -2.38. The van der Waals surface area contributed by atoms with Crippen LogP contribution in [0.25, 0.3) is 0 Å². The van der Waals surface area contributed by atoms with Gasteiger partial charge in [0.25, 0.3) is 11.9 Å². The second-order valence-corrected chi connectivity index (χ2v) is 6.41. The Morgan fingerprint density at radius 1 is 1.32 bits per heavy atom. The lowest BCUT2D eigenvalue weighted by atomic mass is 10.1. The van der Waals surface area contributed by atoms with Crippen molar-refractivity contribution >= 4 is 29.2 Å². The second kappa shape index (κ2) is 9.77. The molecular weight excluding hydrogens is 451 g/mol. The maximum atomic E-state index is 14.1. The van der Waals surface area contributed by atoms with Gasteiger partial charge in [0.05, 0.1) is 18.3 Å². The SMILES string of the molecule is C/N=C(/N)O[C@@H](Cc1cc(NC(=O)c2ncc(OC)cc2Cl)cc(F)c1F)C(F)(F)F. The van der Waals surface area contributed by atoms with Crippen molar-refractivity contribution in [2.24, 2.45) is 10.7 Å². The van der Waals surface area contributed by atoms with Crippen molar-refractivity contribution in [2.75, 3.05) is 19.5 Å². The number of amides is 1. The van der Waals surface area contributed by atoms with E-state index < -0.39 is 47.8 Å². The second-order valence-electron chi connectivity index (χ2n) is 6.00. The van der Waals surface area contributed by atoms with Gasteiger partial charge in [0.15, 0.2) is 11.6 Å². The van der Waals surface area contributed by atoms with Gasteiger partial charge in [0.2, 0.25) is 6.10 Å². The predicted molar refractivity (Wildman–Crippen MR) is 102 cm³/mol. The van der Waals surface area contributed by atoms with Crippen molar-refractivity contribution in [3.8, 4) is 5.75 Å². The number of amidine groups is 1. The molecule has 0 unspecified atom stereocenters. The number of aromatic nitrogens is 1. The normalized spacial score (nSPS) is 13.0. The van der Waals surface area contributed by atoms with Crippen LogP contribution in [0, 0.1) is 11.6 Å². The fourth-order valence-electron chi connectivity index (χ4n) is 2.38. The molecular formula is C18H16ClF5N4O3. The number of aliphatic imine (C=N–C) groups is 1. The number of anilines is 1. The van der Waals surface area contributed by atoms with Crippen LogP contribution in [0.5, 0.6) is 5.75 Å². The Morgan fingerprint density at radius 3 is 2.55 bits per heavy atom. The highest BCUT2D eigenvalue weighted by Gasteiger charge is 2.43. The van der Waals surface area contributed by atoms with Crippen molar-refractivity contribution in [1.82, 2.24) is 4.98 Å². The maximum absolute atomic E-state index is 14.1. The largest absolute Gasteiger partial charge is 0.495 e. The van der Waals surface area contributed by atoms with Gasteiger partial charge in [-0.2, -0.15) is 13.2 Å². The summed E-state index contributed by atoms with van der Waals surface area (Å²) >= 11 is 5.94. The molecule has 31 heavy (non-hydrogen) atoms. The van der Waals surface area contributed by atoms with E-state index in [1.807, 2.05) is 0 Å². The number of methoxy groups -OCH3 is 1. The average Bonchev–Trinajstić information content (AvgIpc) is 2.69. The Labute approximate surface area is 178 Å². The van der Waals surface area contributed by atoms with Crippen molar-refractivity contribution < 1.29 is 36.2 Å². The summed E-state index contributed by atoms with van der Waals surface area (Å²) in [6, 6.07) is 1.94. The van der Waals surface area contributed by atoms with Crippen molar-refractivity contribution in [3.63, 3.8) is 0 Å². The molecule has 0 aliphatic rings. The van der Waals surface area contributed by atoms with Crippen LogP contribution < -0.4 is 15.8 Å². The van der Waals surface area contributed by atoms with Gasteiger partial charge in [0, 0.05) is 31.3 Å². The van der Waals surface area contributed by atoms with Gasteiger partial charge in [-0.15, -0.1) is 0 Å². The summed E-state index contributed by atoms with van der Waals surface area (Å²) in [4.78, 5) is 19.4. The molecule has 0 aliphatic heterocycles. The van der Waals surface area contributed by atoms with Crippen LogP contribution in [0.3, 0.4) is 0 Å². The summed E-state index contributed by atoms with van der Waals surface area (Å²) < 4.78 is 77.2. The molecule has 0 radical (unpaired) electrons. The number of alkyl halides is 3. The number of nitrogens with one attached hydrogen (secondary N) is 1. The van der Waals surface area contributed by atoms with Gasteiger partial charge in [-0.25, -0.2) is 18.8 Å². The van der Waals surface area contributed by atoms with Crippen LogP contribution in [0.1, 0.15) is 16.1 Å². The topological polar surface area (TPSA) is 98.8 Å². The van der Waals surface area contributed by atoms with Gasteiger partial charge >= 0.3 is 6.18 Å². The number of halogens is 6. The molecule has 168 valence electrons. The molecule has 2 aromatic rings. The zero-order valence-electron chi connectivity index (χ0n) is 16.1. The Balaban J connectivity index is 2.32. The van der Waals surface area contributed by atoms with E-state index in [-0.39, 0.29) is 22.2 Å². The first-order valence-electron chi connectivity index (χ1n) is 8.40. The number of nitrogens with two attached hydrogens (primary N) is 1. The number of ether oxygens (including phenoxy) is 2. The number of rotatable bonds is 6. The molecule has 1 aromatic heterocycles. The molecule has 0 fully saturated rings. The van der Waals surface area contributed by atoms with Crippen molar-refractivity contribution in [2.45, 2.75) is 18.7 Å². The van der Waals surface area contributed by atoms with Gasteiger partial charge in [0.1, 0.15) is 11.4 Å². The standard InChI is InChI=1S/C18H16ClF5N4O3/c1-26-17(25)31-13(18(22,23)24)4-8-3-9(5-12(20)14(8)21)28-16(29)15-11(19)6-10(30-2)7-27-15/h3,5-7,13H,4H2,1-2H3,(H2,25,26)(H,28,29)/t13-/m0/s1. The van der Waals surface area contributed by atoms with Crippen LogP contribution in [0.15, 0.2) is 29.4 Å². The molecule has 13 heteroatoms. The highest BCUT2D eigenvalue weighted by Crippen LogP contribution is 2.29. The molecule has 0 bridgehead atoms.